The van der Waals surface area contributed by atoms with Gasteiger partial charge in [-0.2, -0.15) is 0 Å². The lowest BCUT2D eigenvalue weighted by atomic mass is 10.1. The van der Waals surface area contributed by atoms with Gasteiger partial charge in [-0.1, -0.05) is 30.8 Å². The molecule has 130 valence electrons. The molecule has 1 aromatic heterocycles. The number of aromatic amines is 1. The van der Waals surface area contributed by atoms with Crippen molar-refractivity contribution in [2.45, 2.75) is 6.92 Å². The van der Waals surface area contributed by atoms with Crippen LogP contribution in [0.2, 0.25) is 0 Å². The second-order valence-electron chi connectivity index (χ2n) is 6.10. The summed E-state index contributed by atoms with van der Waals surface area (Å²) < 4.78 is 5.82. The van der Waals surface area contributed by atoms with Crippen LogP contribution < -0.4 is 26.0 Å². The fourth-order valence-electron chi connectivity index (χ4n) is 2.97. The number of H-pyrrole nitrogens is 1. The van der Waals surface area contributed by atoms with E-state index in [1.54, 1.807) is 0 Å². The molecule has 0 atom stereocenters. The quantitative estimate of drug-likeness (QED) is 0.784. The van der Waals surface area contributed by atoms with Gasteiger partial charge in [0.05, 0.1) is 17.9 Å². The number of nitrogens with zero attached hydrogens (tertiary/aromatic N) is 3. The molecule has 1 N–H and O–H groups in total. The molecule has 2 aromatic carbocycles. The maximum atomic E-state index is 12.3. The third-order valence-electron chi connectivity index (χ3n) is 4.16. The van der Waals surface area contributed by atoms with E-state index in [9.17, 15) is 4.79 Å². The number of rotatable bonds is 4. The number of aromatic nitrogens is 2. The van der Waals surface area contributed by atoms with E-state index in [4.69, 9.17) is 4.74 Å². The molecular formula is C20H18N4O2. The highest BCUT2D eigenvalue weighted by atomic mass is 16.5. The average molecular weight is 346 g/mol. The molecule has 0 radical (unpaired) electrons. The summed E-state index contributed by atoms with van der Waals surface area (Å²) in [4.78, 5) is 25.8. The van der Waals surface area contributed by atoms with Crippen LogP contribution in [0.25, 0.3) is 6.58 Å². The van der Waals surface area contributed by atoms with Gasteiger partial charge in [0.2, 0.25) is 0 Å². The largest absolute Gasteiger partial charge is 0.492 e. The Balaban J connectivity index is 1.73. The molecule has 4 rings (SSSR count). The summed E-state index contributed by atoms with van der Waals surface area (Å²) in [6.07, 6.45) is 0. The lowest BCUT2D eigenvalue weighted by Gasteiger charge is -2.28. The van der Waals surface area contributed by atoms with Crippen molar-refractivity contribution in [3.63, 3.8) is 0 Å². The van der Waals surface area contributed by atoms with E-state index >= 15 is 0 Å². The number of nitrogens with one attached hydrogen (secondary N) is 1. The molecule has 0 spiro atoms. The Morgan fingerprint density at radius 3 is 2.81 bits per heavy atom. The van der Waals surface area contributed by atoms with Crippen LogP contribution in [-0.2, 0) is 0 Å². The molecule has 6 nitrogen and oxygen atoms in total. The van der Waals surface area contributed by atoms with Crippen molar-refractivity contribution in [3.8, 4) is 5.75 Å². The highest BCUT2D eigenvalue weighted by molar-refractivity contribution is 5.76. The van der Waals surface area contributed by atoms with Gasteiger partial charge in [-0.25, -0.2) is 9.98 Å². The van der Waals surface area contributed by atoms with Gasteiger partial charge in [0.1, 0.15) is 17.8 Å². The minimum atomic E-state index is -0.291. The lowest BCUT2D eigenvalue weighted by Crippen LogP contribution is -2.43. The summed E-state index contributed by atoms with van der Waals surface area (Å²) in [5, 5.41) is 0.301. The first kappa shape index (κ1) is 16.1. The molecule has 0 saturated carbocycles. The van der Waals surface area contributed by atoms with Gasteiger partial charge in [-0.15, -0.1) is 0 Å². The Morgan fingerprint density at radius 1 is 1.19 bits per heavy atom. The number of benzene rings is 2. The topological polar surface area (TPSA) is 70.6 Å². The minimum Gasteiger partial charge on any atom is -0.492 e. The second-order valence-corrected chi connectivity index (χ2v) is 6.10. The number of hydrogen-bond donors (Lipinski definition) is 1. The number of ether oxygens (including phenoxy) is 1. The summed E-state index contributed by atoms with van der Waals surface area (Å²) in [5.41, 5.74) is 2.75. The van der Waals surface area contributed by atoms with Crippen LogP contribution >= 0.6 is 0 Å². The minimum absolute atomic E-state index is 0.291. The van der Waals surface area contributed by atoms with Crippen molar-refractivity contribution in [3.05, 3.63) is 75.3 Å². The van der Waals surface area contributed by atoms with Gasteiger partial charge >= 0.3 is 0 Å². The molecule has 0 aliphatic carbocycles. The zero-order valence-electron chi connectivity index (χ0n) is 14.4. The van der Waals surface area contributed by atoms with Crippen molar-refractivity contribution in [2.75, 3.05) is 18.1 Å². The zero-order chi connectivity index (χ0) is 18.1. The predicted octanol–water partition coefficient (Wildman–Crippen LogP) is 1.97. The van der Waals surface area contributed by atoms with E-state index in [1.165, 1.54) is 0 Å². The number of fused-ring (bicyclic) bond motifs is 2. The zero-order valence-corrected chi connectivity index (χ0v) is 14.4. The van der Waals surface area contributed by atoms with Crippen LogP contribution in [0.1, 0.15) is 5.56 Å². The molecule has 0 bridgehead atoms. The van der Waals surface area contributed by atoms with E-state index in [2.05, 4.69) is 21.5 Å². The molecule has 0 amide bonds. The number of aryl methyl sites for hydroxylation is 1. The van der Waals surface area contributed by atoms with Crippen LogP contribution in [-0.4, -0.2) is 23.1 Å². The van der Waals surface area contributed by atoms with Crippen molar-refractivity contribution in [2.24, 2.45) is 4.99 Å². The maximum Gasteiger partial charge on any atom is 0.279 e. The Labute approximate surface area is 150 Å². The van der Waals surface area contributed by atoms with Crippen molar-refractivity contribution < 1.29 is 4.74 Å². The molecule has 2 heterocycles. The monoisotopic (exact) mass is 346 g/mol. The second kappa shape index (κ2) is 6.48. The molecule has 1 aliphatic heterocycles. The van der Waals surface area contributed by atoms with Crippen LogP contribution in [0.4, 0.5) is 17.2 Å². The Morgan fingerprint density at radius 2 is 2.00 bits per heavy atom. The first-order valence-electron chi connectivity index (χ1n) is 8.36. The van der Waals surface area contributed by atoms with E-state index in [0.717, 1.165) is 22.7 Å². The SMILES string of the molecule is C=c1nc2c(c(=O)[nH]1)=Nc1cc(C)ccc1N2CCOc1ccccc1. The molecule has 0 unspecified atom stereocenters. The highest BCUT2D eigenvalue weighted by Crippen LogP contribution is 2.34. The summed E-state index contributed by atoms with van der Waals surface area (Å²) in [6.45, 7) is 6.72. The number of hydrogen-bond acceptors (Lipinski definition) is 5. The summed E-state index contributed by atoms with van der Waals surface area (Å²) in [6, 6.07) is 15.6. The first-order chi connectivity index (χ1) is 12.6. The Hall–Kier alpha value is -3.41. The summed E-state index contributed by atoms with van der Waals surface area (Å²) >= 11 is 0. The van der Waals surface area contributed by atoms with E-state index in [0.29, 0.717) is 29.8 Å². The van der Waals surface area contributed by atoms with E-state index in [1.807, 2.05) is 60.4 Å². The molecule has 0 saturated heterocycles. The molecule has 1 aliphatic rings. The molecule has 26 heavy (non-hydrogen) atoms. The fraction of sp³-hybridized carbons (Fsp3) is 0.150. The molecule has 0 fully saturated rings. The summed E-state index contributed by atoms with van der Waals surface area (Å²) in [7, 11) is 0. The van der Waals surface area contributed by atoms with Gasteiger partial charge in [-0.05, 0) is 36.8 Å². The molecule has 3 aromatic rings. The maximum absolute atomic E-state index is 12.3. The van der Waals surface area contributed by atoms with Crippen LogP contribution in [0.15, 0.2) is 58.3 Å². The third kappa shape index (κ3) is 2.97. The standard InChI is InChI=1S/C20H18N4O2/c1-13-8-9-17-16(12-13)23-18-19(21-14(2)22-20(18)25)24(17)10-11-26-15-6-4-3-5-7-15/h3-9,12H,2,10-11H2,1H3,(H,22,25). The predicted molar refractivity (Wildman–Crippen MR) is 101 cm³/mol. The van der Waals surface area contributed by atoms with Crippen LogP contribution in [0, 0.1) is 6.92 Å². The highest BCUT2D eigenvalue weighted by Gasteiger charge is 2.22. The van der Waals surface area contributed by atoms with Gasteiger partial charge in [-0.3, -0.25) is 4.79 Å². The van der Waals surface area contributed by atoms with E-state index < -0.39 is 0 Å². The first-order valence-corrected chi connectivity index (χ1v) is 8.36. The van der Waals surface area contributed by atoms with Gasteiger partial charge in [0, 0.05) is 0 Å². The fourth-order valence-corrected chi connectivity index (χ4v) is 2.97. The Bertz CT molecular complexity index is 1120. The lowest BCUT2D eigenvalue weighted by molar-refractivity contribution is 0.327. The average Bonchev–Trinajstić information content (AvgIpc) is 2.62. The smallest absolute Gasteiger partial charge is 0.279 e. The third-order valence-corrected chi connectivity index (χ3v) is 4.16. The van der Waals surface area contributed by atoms with Crippen LogP contribution in [0.5, 0.6) is 5.75 Å². The van der Waals surface area contributed by atoms with Gasteiger partial charge in [0.15, 0.2) is 11.2 Å². The molecule has 6 heteroatoms. The van der Waals surface area contributed by atoms with Crippen molar-refractivity contribution in [1.82, 2.24) is 9.97 Å². The number of anilines is 2. The van der Waals surface area contributed by atoms with Crippen molar-refractivity contribution in [1.29, 1.82) is 0 Å². The summed E-state index contributed by atoms with van der Waals surface area (Å²) in [5.74, 6) is 1.31. The molecular weight excluding hydrogens is 328 g/mol. The number of para-hydroxylation sites is 1. The van der Waals surface area contributed by atoms with Crippen molar-refractivity contribution >= 4 is 23.8 Å². The van der Waals surface area contributed by atoms with Gasteiger partial charge < -0.3 is 14.6 Å². The normalized spacial score (nSPS) is 12.1. The van der Waals surface area contributed by atoms with E-state index in [-0.39, 0.29) is 5.56 Å². The van der Waals surface area contributed by atoms with Gasteiger partial charge in [0.25, 0.3) is 5.56 Å². The Kier molecular flexibility index (Phi) is 4.01. The van der Waals surface area contributed by atoms with Crippen LogP contribution in [0.3, 0.4) is 0 Å².